The number of methoxy groups -OCH3 is 1. The highest BCUT2D eigenvalue weighted by Crippen LogP contribution is 2.23. The van der Waals surface area contributed by atoms with Crippen LogP contribution < -0.4 is 61.0 Å². The summed E-state index contributed by atoms with van der Waals surface area (Å²) in [4.78, 5) is 159. The minimum atomic E-state index is -1.85. The van der Waals surface area contributed by atoms with E-state index in [1.54, 1.807) is 0 Å². The molecule has 0 unspecified atom stereocenters. The number of primary amides is 1. The van der Waals surface area contributed by atoms with Crippen LogP contribution in [0.5, 0.6) is 5.75 Å². The van der Waals surface area contributed by atoms with Crippen molar-refractivity contribution in [1.82, 2.24) is 26.6 Å². The van der Waals surface area contributed by atoms with E-state index in [1.165, 1.54) is 38.3 Å². The number of carboxylic acids is 1. The van der Waals surface area contributed by atoms with Crippen LogP contribution in [0.3, 0.4) is 0 Å². The summed E-state index contributed by atoms with van der Waals surface area (Å²) in [5.41, 5.74) is 33.8. The van der Waals surface area contributed by atoms with E-state index < -0.39 is 163 Å². The number of aliphatic hydroxyl groups excluding tert-OH is 2. The van der Waals surface area contributed by atoms with Crippen molar-refractivity contribution in [2.75, 3.05) is 40.0 Å². The van der Waals surface area contributed by atoms with Gasteiger partial charge < -0.3 is 86.1 Å². The molecule has 29 nitrogen and oxygen atoms in total. The van der Waals surface area contributed by atoms with Crippen LogP contribution >= 0.6 is 0 Å². The molecule has 0 spiro atoms. The van der Waals surface area contributed by atoms with E-state index >= 15 is 0 Å². The fraction of sp³-hybridized carbons (Fsp3) is 0.689. The van der Waals surface area contributed by atoms with Gasteiger partial charge in [0.15, 0.2) is 35.1 Å². The predicted octanol–water partition coefficient (Wildman–Crippen LogP) is -0.616. The third-order valence-corrected chi connectivity index (χ3v) is 15.1. The van der Waals surface area contributed by atoms with E-state index in [0.29, 0.717) is 24.8 Å². The number of nitrogens with two attached hydrogens (primary N) is 6. The standard InChI is InChI=1S/C61H103N13O16/c1-8-38(25-34(2)3)55(85)70-44(15-12-23-69-61(66)67)49(78)30-41(33-75)58(88)71-45(20-24-90-7)52(81)31-43(36(6)76)59(89)73-47(32-53(82)83)51(80)28-39(13-9-10-21-62)56(86)72-46(27-37-16-18-42(77)19-17-37)50(79)29-40(14-11-22-68-60(64)65)57(87)74-48(54(63)84)26-35(4)5/h16-19,34-36,38-41,43-48,75-77H,8-15,20-33,62H2,1-7H3,(H2,63,84)(H,70,85)(H,71,88)(H,72,86)(H,73,89)(H,74,87)(H,82,83)(H4,64,65,68)(H4,66,67,69)/t36-,38+,39-,40-,41+,43+,44+,45+,46+,47+,48+/m1/s1. The molecule has 21 N–H and O–H groups in total. The number of Topliss-reactive ketones (excluding diaryl/α,β-unsaturated/α-hetero) is 4. The number of guanidine groups is 2. The summed E-state index contributed by atoms with van der Waals surface area (Å²) < 4.78 is 5.18. The first-order valence-electron chi connectivity index (χ1n) is 30.9. The Balaban J connectivity index is 3.61. The van der Waals surface area contributed by atoms with Crippen LogP contribution in [-0.2, 0) is 63.9 Å². The smallest absolute Gasteiger partial charge is 0.305 e. The molecule has 0 aliphatic carbocycles. The molecule has 1 rings (SSSR count). The number of carbonyl (C=O) groups is 11. The molecular formula is C61H103N13O16. The number of benzene rings is 1. The highest BCUT2D eigenvalue weighted by Gasteiger charge is 2.38. The number of nitrogens with one attached hydrogen (secondary N) is 5. The first-order chi connectivity index (χ1) is 42.4. The number of hydrogen-bond acceptors (Lipinski definition) is 18. The van der Waals surface area contributed by atoms with Gasteiger partial charge in [-0.1, -0.05) is 53.2 Å². The second-order valence-corrected chi connectivity index (χ2v) is 23.8. The Labute approximate surface area is 527 Å². The van der Waals surface area contributed by atoms with Crippen LogP contribution in [0.25, 0.3) is 0 Å². The lowest BCUT2D eigenvalue weighted by molar-refractivity contribution is -0.142. The summed E-state index contributed by atoms with van der Waals surface area (Å²) in [7, 11) is 1.32. The third-order valence-electron chi connectivity index (χ3n) is 15.1. The van der Waals surface area contributed by atoms with Crippen molar-refractivity contribution < 1.29 is 77.9 Å². The van der Waals surface area contributed by atoms with E-state index in [-0.39, 0.29) is 119 Å². The molecule has 508 valence electrons. The van der Waals surface area contributed by atoms with Gasteiger partial charge in [0.05, 0.1) is 55.1 Å². The van der Waals surface area contributed by atoms with Gasteiger partial charge in [0, 0.05) is 70.2 Å². The molecule has 0 saturated carbocycles. The van der Waals surface area contributed by atoms with Gasteiger partial charge in [-0.15, -0.1) is 0 Å². The number of aliphatic carboxylic acids is 1. The molecule has 0 saturated heterocycles. The molecular weight excluding hydrogens is 1170 g/mol. The topological polar surface area (TPSA) is 519 Å². The number of hydrogen-bond donors (Lipinski definition) is 15. The van der Waals surface area contributed by atoms with Gasteiger partial charge in [-0.25, -0.2) is 0 Å². The number of ketones is 4. The zero-order valence-electron chi connectivity index (χ0n) is 53.4. The summed E-state index contributed by atoms with van der Waals surface area (Å²) in [6.07, 6.45) is -3.08. The monoisotopic (exact) mass is 1270 g/mol. The minimum Gasteiger partial charge on any atom is -0.508 e. The number of phenols is 1. The predicted molar refractivity (Wildman–Crippen MR) is 336 cm³/mol. The normalized spacial score (nSPS) is 15.0. The second kappa shape index (κ2) is 43.1. The summed E-state index contributed by atoms with van der Waals surface area (Å²) in [6.45, 7) is 9.98. The van der Waals surface area contributed by atoms with Gasteiger partial charge in [0.2, 0.25) is 35.4 Å². The quantitative estimate of drug-likeness (QED) is 0.0220. The minimum absolute atomic E-state index is 0.0246. The van der Waals surface area contributed by atoms with Gasteiger partial charge in [-0.2, -0.15) is 0 Å². The number of unbranched alkanes of at least 4 members (excludes halogenated alkanes) is 1. The number of amides is 6. The number of rotatable bonds is 49. The van der Waals surface area contributed by atoms with E-state index in [1.807, 2.05) is 34.6 Å². The number of carbonyl (C=O) groups excluding carboxylic acids is 10. The van der Waals surface area contributed by atoms with E-state index in [0.717, 1.165) is 0 Å². The van der Waals surface area contributed by atoms with E-state index in [4.69, 9.17) is 39.1 Å². The number of carboxylic acid groups (broad SMARTS) is 1. The molecule has 0 fully saturated rings. The molecule has 0 bridgehead atoms. The highest BCUT2D eigenvalue weighted by molar-refractivity contribution is 5.99. The SMILES string of the molecule is CC[C@@H](CC(C)C)C(=O)N[C@@H](CCCN=C(N)N)C(=O)C[C@@H](CO)C(=O)N[C@@H](CCOC)C(=O)C[C@H](C(=O)N[C@@H](CC(=O)O)C(=O)C[C@@H](CCCCN)C(=O)N[C@@H](Cc1ccc(O)cc1)C(=O)C[C@@H](CCCN=C(N)N)C(=O)N[C@@H](CC(C)C)C(N)=O)[C@@H](C)O. The van der Waals surface area contributed by atoms with E-state index in [2.05, 4.69) is 36.6 Å². The van der Waals surface area contributed by atoms with E-state index in [9.17, 15) is 73.2 Å². The molecule has 11 atom stereocenters. The Morgan fingerprint density at radius 3 is 1.46 bits per heavy atom. The van der Waals surface area contributed by atoms with Crippen molar-refractivity contribution in [1.29, 1.82) is 0 Å². The van der Waals surface area contributed by atoms with Crippen molar-refractivity contribution in [3.63, 3.8) is 0 Å². The number of aliphatic hydroxyl groups is 2. The van der Waals surface area contributed by atoms with Crippen molar-refractivity contribution in [2.24, 2.45) is 85.8 Å². The molecule has 0 heterocycles. The average molecular weight is 1270 g/mol. The zero-order valence-corrected chi connectivity index (χ0v) is 53.4. The molecule has 0 aliphatic rings. The van der Waals surface area contributed by atoms with Crippen LogP contribution in [-0.4, -0.2) is 173 Å². The number of phenolic OH excluding ortho intramolecular Hbond substituents is 1. The number of ether oxygens (including phenoxy) is 1. The molecule has 0 aromatic heterocycles. The van der Waals surface area contributed by atoms with Gasteiger partial charge >= 0.3 is 5.97 Å². The van der Waals surface area contributed by atoms with Crippen molar-refractivity contribution in [2.45, 2.75) is 187 Å². The Kier molecular flexibility index (Phi) is 38.5. The maximum absolute atomic E-state index is 14.5. The van der Waals surface area contributed by atoms with Crippen LogP contribution in [0.1, 0.15) is 150 Å². The summed E-state index contributed by atoms with van der Waals surface area (Å²) in [5.74, 6) is -15.6. The molecule has 29 heteroatoms. The maximum atomic E-state index is 14.5. The molecule has 0 radical (unpaired) electrons. The molecule has 90 heavy (non-hydrogen) atoms. The lowest BCUT2D eigenvalue weighted by Gasteiger charge is -2.27. The lowest BCUT2D eigenvalue weighted by Crippen LogP contribution is -2.51. The Bertz CT molecular complexity index is 2540. The summed E-state index contributed by atoms with van der Waals surface area (Å²) in [6, 6.07) is -1.11. The average Bonchev–Trinajstić information content (AvgIpc) is 1.31. The Morgan fingerprint density at radius 2 is 0.978 bits per heavy atom. The van der Waals surface area contributed by atoms with Crippen molar-refractivity contribution >= 4 is 76.5 Å². The highest BCUT2D eigenvalue weighted by atomic mass is 16.5. The number of aliphatic imine (C=N–C) groups is 2. The third kappa shape index (κ3) is 32.2. The first-order valence-corrected chi connectivity index (χ1v) is 30.9. The van der Waals surface area contributed by atoms with Gasteiger partial charge in [0.25, 0.3) is 0 Å². The second-order valence-electron chi connectivity index (χ2n) is 23.8. The van der Waals surface area contributed by atoms with Gasteiger partial charge in [-0.05, 0) is 114 Å². The summed E-state index contributed by atoms with van der Waals surface area (Å²) in [5, 5.41) is 54.5. The van der Waals surface area contributed by atoms with Gasteiger partial charge in [0.1, 0.15) is 11.8 Å². The molecule has 6 amide bonds. The van der Waals surface area contributed by atoms with Crippen molar-refractivity contribution in [3.8, 4) is 5.75 Å². The van der Waals surface area contributed by atoms with Crippen LogP contribution in [0, 0.1) is 41.4 Å². The Morgan fingerprint density at radius 1 is 0.533 bits per heavy atom. The first kappa shape index (κ1) is 80.4. The molecule has 0 aliphatic heterocycles. The molecule has 1 aromatic rings. The number of aromatic hydroxyl groups is 1. The fourth-order valence-electron chi connectivity index (χ4n) is 10.1. The fourth-order valence-corrected chi connectivity index (χ4v) is 10.1. The molecule has 1 aromatic carbocycles. The maximum Gasteiger partial charge on any atom is 0.305 e. The Hall–Kier alpha value is -7.63. The van der Waals surface area contributed by atoms with Crippen LogP contribution in [0.15, 0.2) is 34.3 Å². The van der Waals surface area contributed by atoms with Gasteiger partial charge in [-0.3, -0.25) is 62.7 Å². The zero-order chi connectivity index (χ0) is 68.2. The van der Waals surface area contributed by atoms with Crippen LogP contribution in [0.2, 0.25) is 0 Å². The number of nitrogens with zero attached hydrogens (tertiary/aromatic N) is 2. The lowest BCUT2D eigenvalue weighted by atomic mass is 9.88. The van der Waals surface area contributed by atoms with Crippen molar-refractivity contribution in [3.05, 3.63) is 29.8 Å². The largest absolute Gasteiger partial charge is 0.508 e. The summed E-state index contributed by atoms with van der Waals surface area (Å²) >= 11 is 0. The van der Waals surface area contributed by atoms with Crippen LogP contribution in [0.4, 0.5) is 0 Å².